The Balaban J connectivity index is 1.60. The second kappa shape index (κ2) is 9.71. The second-order valence-electron chi connectivity index (χ2n) is 8.46. The molecule has 10 heteroatoms. The minimum atomic E-state index is -3.83. The van der Waals surface area contributed by atoms with Gasteiger partial charge in [0.2, 0.25) is 20.0 Å². The van der Waals surface area contributed by atoms with Crippen LogP contribution in [0.3, 0.4) is 0 Å². The van der Waals surface area contributed by atoms with E-state index in [0.717, 1.165) is 18.4 Å². The molecule has 33 heavy (non-hydrogen) atoms. The lowest BCUT2D eigenvalue weighted by atomic mass is 10.1. The highest BCUT2D eigenvalue weighted by molar-refractivity contribution is 7.89. The number of hydrogen-bond donors (Lipinski definition) is 0. The van der Waals surface area contributed by atoms with Gasteiger partial charge in [0, 0.05) is 25.7 Å². The molecular weight excluding hydrogens is 464 g/mol. The summed E-state index contributed by atoms with van der Waals surface area (Å²) in [5.74, 6) is 1.04. The maximum absolute atomic E-state index is 13.6. The van der Waals surface area contributed by atoms with Gasteiger partial charge in [0.15, 0.2) is 0 Å². The monoisotopic (exact) mass is 494 g/mol. The maximum atomic E-state index is 13.6. The van der Waals surface area contributed by atoms with Crippen molar-refractivity contribution in [1.29, 1.82) is 0 Å². The van der Waals surface area contributed by atoms with E-state index in [-0.39, 0.29) is 35.5 Å². The summed E-state index contributed by atoms with van der Waals surface area (Å²) in [4.78, 5) is 0.171. The zero-order chi connectivity index (χ0) is 23.6. The van der Waals surface area contributed by atoms with E-state index in [4.69, 9.17) is 9.47 Å². The SMILES string of the molecule is COc1ccc(CN(C(C)C2CC2)S(=O)(=O)c2ccc(S(=O)(=O)N3CCOCC3)cc2)cc1. The molecule has 1 saturated carbocycles. The van der Waals surface area contributed by atoms with E-state index in [0.29, 0.717) is 24.9 Å². The zero-order valence-corrected chi connectivity index (χ0v) is 20.5. The molecule has 0 amide bonds. The third-order valence-electron chi connectivity index (χ3n) is 6.29. The predicted molar refractivity (Wildman–Crippen MR) is 124 cm³/mol. The van der Waals surface area contributed by atoms with Gasteiger partial charge in [-0.1, -0.05) is 12.1 Å². The number of morpholine rings is 1. The van der Waals surface area contributed by atoms with Crippen LogP contribution in [0.5, 0.6) is 5.75 Å². The summed E-state index contributed by atoms with van der Waals surface area (Å²) in [7, 11) is -5.93. The molecule has 1 unspecified atom stereocenters. The quantitative estimate of drug-likeness (QED) is 0.532. The van der Waals surface area contributed by atoms with Crippen molar-refractivity contribution >= 4 is 20.0 Å². The fourth-order valence-electron chi connectivity index (χ4n) is 4.03. The third-order valence-corrected chi connectivity index (χ3v) is 10.2. The Labute approximate surface area is 196 Å². The topological polar surface area (TPSA) is 93.2 Å². The molecule has 2 fully saturated rings. The highest BCUT2D eigenvalue weighted by Gasteiger charge is 2.38. The van der Waals surface area contributed by atoms with Gasteiger partial charge in [-0.05, 0) is 67.6 Å². The van der Waals surface area contributed by atoms with Crippen molar-refractivity contribution in [3.8, 4) is 5.75 Å². The highest BCUT2D eigenvalue weighted by atomic mass is 32.2. The van der Waals surface area contributed by atoms with E-state index in [1.54, 1.807) is 7.11 Å². The van der Waals surface area contributed by atoms with Crippen LogP contribution in [-0.2, 0) is 31.3 Å². The van der Waals surface area contributed by atoms with E-state index in [2.05, 4.69) is 0 Å². The predicted octanol–water partition coefficient (Wildman–Crippen LogP) is 2.71. The number of ether oxygens (including phenoxy) is 2. The molecule has 1 heterocycles. The molecule has 0 bridgehead atoms. The van der Waals surface area contributed by atoms with Crippen LogP contribution in [0, 0.1) is 5.92 Å². The van der Waals surface area contributed by atoms with Crippen LogP contribution < -0.4 is 4.74 Å². The Morgan fingerprint density at radius 3 is 2.09 bits per heavy atom. The van der Waals surface area contributed by atoms with Gasteiger partial charge in [0.05, 0.1) is 30.1 Å². The Bertz CT molecular complexity index is 1150. The number of sulfonamides is 2. The Hall–Kier alpha value is -1.98. The van der Waals surface area contributed by atoms with Gasteiger partial charge in [0.25, 0.3) is 0 Å². The van der Waals surface area contributed by atoms with Crippen molar-refractivity contribution in [1.82, 2.24) is 8.61 Å². The molecule has 8 nitrogen and oxygen atoms in total. The minimum Gasteiger partial charge on any atom is -0.497 e. The first kappa shape index (κ1) is 24.2. The molecule has 0 spiro atoms. The molecule has 1 saturated heterocycles. The average Bonchev–Trinajstić information content (AvgIpc) is 3.69. The van der Waals surface area contributed by atoms with Crippen molar-refractivity contribution in [3.63, 3.8) is 0 Å². The first-order valence-corrected chi connectivity index (χ1v) is 13.9. The Kier molecular flexibility index (Phi) is 7.11. The molecule has 4 rings (SSSR count). The van der Waals surface area contributed by atoms with Crippen LogP contribution in [0.2, 0.25) is 0 Å². The molecule has 0 aromatic heterocycles. The summed E-state index contributed by atoms with van der Waals surface area (Å²) in [6.07, 6.45) is 2.01. The van der Waals surface area contributed by atoms with E-state index in [1.807, 2.05) is 31.2 Å². The zero-order valence-electron chi connectivity index (χ0n) is 18.9. The molecular formula is C23H30N2O6S2. The van der Waals surface area contributed by atoms with Crippen molar-refractivity contribution in [2.45, 2.75) is 42.1 Å². The van der Waals surface area contributed by atoms with Crippen molar-refractivity contribution < 1.29 is 26.3 Å². The molecule has 1 aliphatic carbocycles. The van der Waals surface area contributed by atoms with Crippen LogP contribution in [-0.4, -0.2) is 64.9 Å². The first-order valence-electron chi connectivity index (χ1n) is 11.1. The first-order chi connectivity index (χ1) is 15.7. The number of hydrogen-bond acceptors (Lipinski definition) is 6. The number of rotatable bonds is 9. The van der Waals surface area contributed by atoms with Crippen LogP contribution in [0.25, 0.3) is 0 Å². The average molecular weight is 495 g/mol. The van der Waals surface area contributed by atoms with Gasteiger partial charge in [-0.3, -0.25) is 0 Å². The number of nitrogens with zero attached hydrogens (tertiary/aromatic N) is 2. The van der Waals surface area contributed by atoms with E-state index < -0.39 is 20.0 Å². The summed E-state index contributed by atoms with van der Waals surface area (Å²) in [6, 6.07) is 12.7. The molecule has 1 aliphatic heterocycles. The summed E-state index contributed by atoms with van der Waals surface area (Å²) < 4.78 is 66.3. The minimum absolute atomic E-state index is 0.0836. The largest absolute Gasteiger partial charge is 0.497 e. The summed E-state index contributed by atoms with van der Waals surface area (Å²) in [5.41, 5.74) is 0.860. The molecule has 0 radical (unpaired) electrons. The summed E-state index contributed by atoms with van der Waals surface area (Å²) in [5, 5.41) is 0. The Morgan fingerprint density at radius 2 is 1.55 bits per heavy atom. The van der Waals surface area contributed by atoms with Crippen molar-refractivity contribution in [3.05, 3.63) is 54.1 Å². The van der Waals surface area contributed by atoms with Crippen LogP contribution >= 0.6 is 0 Å². The van der Waals surface area contributed by atoms with Crippen LogP contribution in [0.15, 0.2) is 58.3 Å². The highest BCUT2D eigenvalue weighted by Crippen LogP contribution is 2.38. The normalized spacial score (nSPS) is 18.9. The van der Waals surface area contributed by atoms with Gasteiger partial charge in [0.1, 0.15) is 5.75 Å². The molecule has 2 aliphatic rings. The van der Waals surface area contributed by atoms with Crippen molar-refractivity contribution in [2.75, 3.05) is 33.4 Å². The van der Waals surface area contributed by atoms with Gasteiger partial charge in [-0.2, -0.15) is 8.61 Å². The molecule has 2 aromatic carbocycles. The molecule has 0 N–H and O–H groups in total. The fourth-order valence-corrected chi connectivity index (χ4v) is 7.12. The van der Waals surface area contributed by atoms with E-state index in [1.165, 1.54) is 32.9 Å². The van der Waals surface area contributed by atoms with Crippen molar-refractivity contribution in [2.24, 2.45) is 5.92 Å². The van der Waals surface area contributed by atoms with Gasteiger partial charge in [-0.25, -0.2) is 16.8 Å². The van der Waals surface area contributed by atoms with Gasteiger partial charge in [-0.15, -0.1) is 0 Å². The van der Waals surface area contributed by atoms with Gasteiger partial charge >= 0.3 is 0 Å². The van der Waals surface area contributed by atoms with Crippen LogP contribution in [0.1, 0.15) is 25.3 Å². The number of benzene rings is 2. The Morgan fingerprint density at radius 1 is 0.970 bits per heavy atom. The van der Waals surface area contributed by atoms with Gasteiger partial charge < -0.3 is 9.47 Å². The van der Waals surface area contributed by atoms with E-state index >= 15 is 0 Å². The fraction of sp³-hybridized carbons (Fsp3) is 0.478. The second-order valence-corrected chi connectivity index (χ2v) is 12.3. The summed E-state index contributed by atoms with van der Waals surface area (Å²) in [6.45, 7) is 3.46. The van der Waals surface area contributed by atoms with E-state index in [9.17, 15) is 16.8 Å². The lowest BCUT2D eigenvalue weighted by molar-refractivity contribution is 0.0730. The molecule has 180 valence electrons. The lowest BCUT2D eigenvalue weighted by Crippen LogP contribution is -2.40. The standard InChI is InChI=1S/C23H30N2O6S2/c1-18(20-5-6-20)25(17-19-3-7-21(30-2)8-4-19)33(28,29)23-11-9-22(10-12-23)32(26,27)24-13-15-31-16-14-24/h3-4,7-12,18,20H,5-6,13-17H2,1-2H3. The molecule has 1 atom stereocenters. The maximum Gasteiger partial charge on any atom is 0.243 e. The molecule has 2 aromatic rings. The third kappa shape index (κ3) is 5.25. The number of methoxy groups -OCH3 is 1. The van der Waals surface area contributed by atoms with Crippen LogP contribution in [0.4, 0.5) is 0 Å². The smallest absolute Gasteiger partial charge is 0.243 e. The lowest BCUT2D eigenvalue weighted by Gasteiger charge is -2.29. The summed E-state index contributed by atoms with van der Waals surface area (Å²) >= 11 is 0.